The van der Waals surface area contributed by atoms with Gasteiger partial charge in [0.25, 0.3) is 0 Å². The average Bonchev–Trinajstić information content (AvgIpc) is 3.12. The smallest absolute Gasteiger partial charge is 0.407 e. The second-order valence-electron chi connectivity index (χ2n) is 12.2. The predicted molar refractivity (Wildman–Crippen MR) is 199 cm³/mol. The molecule has 0 atom stereocenters. The third-order valence-corrected chi connectivity index (χ3v) is 6.44. The molecule has 0 aliphatic carbocycles. The van der Waals surface area contributed by atoms with Crippen molar-refractivity contribution >= 4 is 6.09 Å². The van der Waals surface area contributed by atoms with Gasteiger partial charge in [-0.1, -0.05) is 0 Å². The summed E-state index contributed by atoms with van der Waals surface area (Å²) >= 11 is 0. The van der Waals surface area contributed by atoms with Crippen LogP contribution in [0.4, 0.5) is 4.79 Å². The molecule has 0 saturated carbocycles. The third kappa shape index (κ3) is 45.0. The molecule has 0 aromatic heterocycles. The minimum Gasteiger partial charge on any atom is -0.444 e. The summed E-state index contributed by atoms with van der Waals surface area (Å²) in [5.74, 6) is 0. The lowest BCUT2D eigenvalue weighted by Crippen LogP contribution is -2.34. The first-order valence-electron chi connectivity index (χ1n) is 18.9. The molecular formula is C35H74N4O14. The molecule has 18 heteroatoms. The summed E-state index contributed by atoms with van der Waals surface area (Å²) in [4.78, 5) is 13.8. The van der Waals surface area contributed by atoms with Crippen molar-refractivity contribution in [3.8, 4) is 0 Å². The number of nitrogens with one attached hydrogen (secondary N) is 1. The Kier molecular flexibility index (Phi) is 40.8. The summed E-state index contributed by atoms with van der Waals surface area (Å²) in [5.41, 5.74) is 10.2. The zero-order valence-corrected chi connectivity index (χ0v) is 33.0. The van der Waals surface area contributed by atoms with Crippen molar-refractivity contribution < 1.29 is 66.4 Å². The second kappa shape index (κ2) is 41.8. The maximum Gasteiger partial charge on any atom is 0.407 e. The van der Waals surface area contributed by atoms with Gasteiger partial charge in [-0.2, -0.15) is 0 Å². The molecule has 0 bridgehead atoms. The standard InChI is InChI=1S/C35H74N4O14/c1-35(2,3)53-34(40)38-6-12-43-18-24-49-30-33-52-27-21-46-15-9-39(7-13-44-19-25-50-31-28-47-22-16-41-10-4-36)8-14-45-20-26-51-32-29-48-23-17-42-11-5-37/h4-33,36-37H2,1-3H3,(H,38,40). The zero-order chi connectivity index (χ0) is 38.8. The van der Waals surface area contributed by atoms with Crippen LogP contribution < -0.4 is 16.8 Å². The summed E-state index contributed by atoms with van der Waals surface area (Å²) in [6.07, 6.45) is -0.457. The summed E-state index contributed by atoms with van der Waals surface area (Å²) in [6, 6.07) is 0. The fraction of sp³-hybridized carbons (Fsp3) is 0.971. The van der Waals surface area contributed by atoms with Crippen molar-refractivity contribution in [3.05, 3.63) is 0 Å². The van der Waals surface area contributed by atoms with Crippen LogP contribution in [0.1, 0.15) is 20.8 Å². The number of carbonyl (C=O) groups excluding carboxylic acids is 1. The van der Waals surface area contributed by atoms with Crippen LogP contribution in [0.5, 0.6) is 0 Å². The SMILES string of the molecule is CC(C)(C)OC(=O)NCCOCCOCCOCCOCCN(CCOCCOCCOCCOCCN)CCOCCOCCOCCOCCN. The molecule has 0 saturated heterocycles. The number of carbonyl (C=O) groups is 1. The van der Waals surface area contributed by atoms with E-state index in [1.54, 1.807) is 0 Å². The van der Waals surface area contributed by atoms with Gasteiger partial charge in [-0.15, -0.1) is 0 Å². The molecule has 0 aromatic carbocycles. The Bertz CT molecular complexity index is 713. The van der Waals surface area contributed by atoms with Crippen molar-refractivity contribution in [1.29, 1.82) is 0 Å². The van der Waals surface area contributed by atoms with Gasteiger partial charge >= 0.3 is 6.09 Å². The van der Waals surface area contributed by atoms with E-state index in [0.29, 0.717) is 178 Å². The first-order chi connectivity index (χ1) is 25.9. The Morgan fingerprint density at radius 1 is 0.415 bits per heavy atom. The van der Waals surface area contributed by atoms with Crippen molar-refractivity contribution in [1.82, 2.24) is 10.2 Å². The Morgan fingerprint density at radius 2 is 0.660 bits per heavy atom. The number of nitrogens with two attached hydrogens (primary N) is 2. The lowest BCUT2D eigenvalue weighted by Gasteiger charge is -2.22. The van der Waals surface area contributed by atoms with Crippen LogP contribution in [0, 0.1) is 0 Å². The highest BCUT2D eigenvalue weighted by molar-refractivity contribution is 5.67. The van der Waals surface area contributed by atoms with Gasteiger partial charge in [-0.05, 0) is 20.8 Å². The molecule has 0 radical (unpaired) electrons. The molecule has 0 spiro atoms. The van der Waals surface area contributed by atoms with Gasteiger partial charge in [0, 0.05) is 39.3 Å². The van der Waals surface area contributed by atoms with E-state index in [-0.39, 0.29) is 0 Å². The van der Waals surface area contributed by atoms with E-state index in [1.807, 2.05) is 20.8 Å². The van der Waals surface area contributed by atoms with Crippen LogP contribution in [-0.4, -0.2) is 214 Å². The first kappa shape index (κ1) is 51.7. The highest BCUT2D eigenvalue weighted by atomic mass is 16.6. The number of hydrogen-bond acceptors (Lipinski definition) is 17. The normalized spacial score (nSPS) is 11.9. The number of ether oxygens (including phenoxy) is 13. The largest absolute Gasteiger partial charge is 0.444 e. The highest BCUT2D eigenvalue weighted by Crippen LogP contribution is 2.06. The number of nitrogens with zero attached hydrogens (tertiary/aromatic N) is 1. The van der Waals surface area contributed by atoms with Gasteiger partial charge in [0.1, 0.15) is 5.60 Å². The molecule has 0 heterocycles. The zero-order valence-electron chi connectivity index (χ0n) is 33.0. The lowest BCUT2D eigenvalue weighted by molar-refractivity contribution is -0.0140. The van der Waals surface area contributed by atoms with Gasteiger partial charge in [-0.3, -0.25) is 4.90 Å². The Balaban J connectivity index is 3.95. The van der Waals surface area contributed by atoms with E-state index in [2.05, 4.69) is 10.2 Å². The van der Waals surface area contributed by atoms with Crippen LogP contribution in [-0.2, 0) is 61.6 Å². The Labute approximate surface area is 318 Å². The van der Waals surface area contributed by atoms with E-state index in [0.717, 1.165) is 19.6 Å². The van der Waals surface area contributed by atoms with Gasteiger partial charge < -0.3 is 78.4 Å². The maximum absolute atomic E-state index is 11.6. The molecule has 0 aliphatic heterocycles. The molecule has 0 fully saturated rings. The van der Waals surface area contributed by atoms with Gasteiger partial charge in [0.15, 0.2) is 0 Å². The minimum absolute atomic E-state index is 0.373. The molecule has 0 rings (SSSR count). The monoisotopic (exact) mass is 775 g/mol. The summed E-state index contributed by atoms with van der Waals surface area (Å²) in [5, 5.41) is 2.64. The predicted octanol–water partition coefficient (Wildman–Crippen LogP) is -0.0703. The molecular weight excluding hydrogens is 700 g/mol. The van der Waals surface area contributed by atoms with Crippen LogP contribution in [0.3, 0.4) is 0 Å². The number of amides is 1. The van der Waals surface area contributed by atoms with Gasteiger partial charge in [0.2, 0.25) is 0 Å². The number of hydrogen-bond donors (Lipinski definition) is 3. The number of alkyl carbamates (subject to hydrolysis) is 1. The van der Waals surface area contributed by atoms with Gasteiger partial charge in [-0.25, -0.2) is 4.79 Å². The summed E-state index contributed by atoms with van der Waals surface area (Å²) in [7, 11) is 0. The summed E-state index contributed by atoms with van der Waals surface area (Å²) < 4.78 is 71.6. The third-order valence-electron chi connectivity index (χ3n) is 6.44. The fourth-order valence-corrected chi connectivity index (χ4v) is 3.91. The first-order valence-corrected chi connectivity index (χ1v) is 18.9. The van der Waals surface area contributed by atoms with E-state index in [4.69, 9.17) is 73.0 Å². The fourth-order valence-electron chi connectivity index (χ4n) is 3.91. The second-order valence-corrected chi connectivity index (χ2v) is 12.2. The van der Waals surface area contributed by atoms with E-state index in [1.165, 1.54) is 0 Å². The summed E-state index contributed by atoms with van der Waals surface area (Å²) in [6.45, 7) is 21.1. The Hall–Kier alpha value is -1.33. The molecule has 0 aromatic rings. The van der Waals surface area contributed by atoms with Gasteiger partial charge in [0.05, 0.1) is 159 Å². The van der Waals surface area contributed by atoms with Crippen molar-refractivity contribution in [2.24, 2.45) is 11.5 Å². The molecule has 1 amide bonds. The highest BCUT2D eigenvalue weighted by Gasteiger charge is 2.15. The van der Waals surface area contributed by atoms with Crippen molar-refractivity contribution in [2.45, 2.75) is 26.4 Å². The Morgan fingerprint density at radius 3 is 0.925 bits per heavy atom. The van der Waals surface area contributed by atoms with Crippen molar-refractivity contribution in [2.75, 3.05) is 198 Å². The molecule has 53 heavy (non-hydrogen) atoms. The van der Waals surface area contributed by atoms with Crippen LogP contribution in [0.15, 0.2) is 0 Å². The topological polar surface area (TPSA) is 204 Å². The van der Waals surface area contributed by atoms with Crippen LogP contribution in [0.25, 0.3) is 0 Å². The van der Waals surface area contributed by atoms with E-state index in [9.17, 15) is 4.79 Å². The quantitative estimate of drug-likeness (QED) is 0.0694. The minimum atomic E-state index is -0.523. The molecule has 5 N–H and O–H groups in total. The number of rotatable bonds is 43. The average molecular weight is 775 g/mol. The van der Waals surface area contributed by atoms with Crippen molar-refractivity contribution in [3.63, 3.8) is 0 Å². The molecule has 0 unspecified atom stereocenters. The maximum atomic E-state index is 11.6. The molecule has 318 valence electrons. The lowest BCUT2D eigenvalue weighted by atomic mass is 10.2. The molecule has 18 nitrogen and oxygen atoms in total. The van der Waals surface area contributed by atoms with Crippen LogP contribution in [0.2, 0.25) is 0 Å². The van der Waals surface area contributed by atoms with E-state index < -0.39 is 11.7 Å². The van der Waals surface area contributed by atoms with E-state index >= 15 is 0 Å². The molecule has 0 aliphatic rings. The van der Waals surface area contributed by atoms with Crippen LogP contribution >= 0.6 is 0 Å².